The Balaban J connectivity index is 3.64. The molecular weight excluding hydrogens is 198 g/mol. The second kappa shape index (κ2) is 6.63. The maximum atomic E-state index is 11.1. The Morgan fingerprint density at radius 2 is 2.07 bits per heavy atom. The van der Waals surface area contributed by atoms with E-state index in [-0.39, 0.29) is 19.1 Å². The maximum absolute atomic E-state index is 11.1. The Hall–Kier alpha value is -0.810. The molecule has 0 aliphatic rings. The van der Waals surface area contributed by atoms with Crippen molar-refractivity contribution >= 4 is 6.09 Å². The summed E-state index contributed by atoms with van der Waals surface area (Å²) < 4.78 is 4.95. The lowest BCUT2D eigenvalue weighted by Gasteiger charge is -2.20. The van der Waals surface area contributed by atoms with Crippen LogP contribution in [-0.4, -0.2) is 30.0 Å². The third kappa shape index (κ3) is 8.20. The van der Waals surface area contributed by atoms with Crippen LogP contribution in [0.2, 0.25) is 0 Å². The number of ether oxygens (including phenoxy) is 1. The molecule has 0 bridgehead atoms. The number of hydroxylamine groups is 1. The zero-order chi connectivity index (χ0) is 11.9. The number of nitrogens with one attached hydrogen (secondary N) is 1. The highest BCUT2D eigenvalue weighted by atomic mass is 16.7. The summed E-state index contributed by atoms with van der Waals surface area (Å²) in [6.07, 6.45) is 0.183. The molecule has 0 spiro atoms. The maximum Gasteiger partial charge on any atom is 0.431 e. The van der Waals surface area contributed by atoms with Crippen molar-refractivity contribution < 1.29 is 19.5 Å². The zero-order valence-electron chi connectivity index (χ0n) is 9.87. The fourth-order valence-electron chi connectivity index (χ4n) is 0.817. The molecule has 0 radical (unpaired) electrons. The molecular formula is C10H21NO4. The van der Waals surface area contributed by atoms with Crippen LogP contribution in [0.15, 0.2) is 0 Å². The number of hydrogen-bond acceptors (Lipinski definition) is 4. The molecule has 5 heteroatoms. The van der Waals surface area contributed by atoms with Crippen LogP contribution in [0.4, 0.5) is 4.79 Å². The van der Waals surface area contributed by atoms with E-state index in [0.29, 0.717) is 0 Å². The van der Waals surface area contributed by atoms with E-state index in [4.69, 9.17) is 14.7 Å². The van der Waals surface area contributed by atoms with Gasteiger partial charge in [0.05, 0.1) is 6.61 Å². The van der Waals surface area contributed by atoms with Gasteiger partial charge in [-0.3, -0.25) is 4.84 Å². The molecule has 0 aromatic rings. The summed E-state index contributed by atoms with van der Waals surface area (Å²) in [5, 5.41) is 8.85. The molecule has 90 valence electrons. The topological polar surface area (TPSA) is 67.8 Å². The molecule has 0 saturated heterocycles. The molecule has 0 aromatic heterocycles. The second-order valence-corrected chi connectivity index (χ2v) is 4.37. The number of hydrogen-bond donors (Lipinski definition) is 2. The number of carbonyl (C=O) groups excluding carboxylic acids is 1. The first kappa shape index (κ1) is 14.2. The SMILES string of the molecule is CCC(CO)CONC(=O)OC(C)(C)C. The number of amides is 1. The van der Waals surface area contributed by atoms with Crippen molar-refractivity contribution in [2.75, 3.05) is 13.2 Å². The number of rotatable bonds is 5. The van der Waals surface area contributed by atoms with Crippen LogP contribution < -0.4 is 5.48 Å². The van der Waals surface area contributed by atoms with Gasteiger partial charge >= 0.3 is 6.09 Å². The summed E-state index contributed by atoms with van der Waals surface area (Å²) in [4.78, 5) is 16.0. The standard InChI is InChI=1S/C10H21NO4/c1-5-8(6-12)7-14-11-9(13)15-10(2,3)4/h8,12H,5-7H2,1-4H3,(H,11,13). The van der Waals surface area contributed by atoms with Gasteiger partial charge < -0.3 is 9.84 Å². The average Bonchev–Trinajstić information content (AvgIpc) is 2.09. The van der Waals surface area contributed by atoms with Crippen LogP contribution in [0, 0.1) is 5.92 Å². The van der Waals surface area contributed by atoms with E-state index in [1.54, 1.807) is 20.8 Å². The van der Waals surface area contributed by atoms with Crippen LogP contribution >= 0.6 is 0 Å². The van der Waals surface area contributed by atoms with Gasteiger partial charge in [-0.15, -0.1) is 0 Å². The van der Waals surface area contributed by atoms with Crippen molar-refractivity contribution in [3.05, 3.63) is 0 Å². The van der Waals surface area contributed by atoms with Crippen LogP contribution in [0.3, 0.4) is 0 Å². The van der Waals surface area contributed by atoms with E-state index in [1.165, 1.54) is 0 Å². The van der Waals surface area contributed by atoms with Crippen molar-refractivity contribution in [2.45, 2.75) is 39.7 Å². The third-order valence-corrected chi connectivity index (χ3v) is 1.71. The predicted molar refractivity (Wildman–Crippen MR) is 56.2 cm³/mol. The van der Waals surface area contributed by atoms with Crippen molar-refractivity contribution in [3.63, 3.8) is 0 Å². The Labute approximate surface area is 90.7 Å². The van der Waals surface area contributed by atoms with E-state index in [9.17, 15) is 4.79 Å². The summed E-state index contributed by atoms with van der Waals surface area (Å²) in [6.45, 7) is 7.59. The van der Waals surface area contributed by atoms with Crippen molar-refractivity contribution in [1.29, 1.82) is 0 Å². The van der Waals surface area contributed by atoms with E-state index in [2.05, 4.69) is 5.48 Å². The minimum Gasteiger partial charge on any atom is -0.442 e. The lowest BCUT2D eigenvalue weighted by molar-refractivity contribution is -0.0237. The molecule has 1 unspecified atom stereocenters. The Kier molecular flexibility index (Phi) is 6.27. The van der Waals surface area contributed by atoms with Crippen LogP contribution in [-0.2, 0) is 9.57 Å². The largest absolute Gasteiger partial charge is 0.442 e. The predicted octanol–water partition coefficient (Wildman–Crippen LogP) is 1.46. The van der Waals surface area contributed by atoms with Gasteiger partial charge in [-0.25, -0.2) is 4.79 Å². The van der Waals surface area contributed by atoms with Gasteiger partial charge in [-0.2, -0.15) is 5.48 Å². The third-order valence-electron chi connectivity index (χ3n) is 1.71. The Morgan fingerprint density at radius 1 is 1.47 bits per heavy atom. The fraction of sp³-hybridized carbons (Fsp3) is 0.900. The monoisotopic (exact) mass is 219 g/mol. The minimum absolute atomic E-state index is 0.0416. The van der Waals surface area contributed by atoms with Gasteiger partial charge in [0.25, 0.3) is 0 Å². The van der Waals surface area contributed by atoms with Gasteiger partial charge in [0.15, 0.2) is 0 Å². The van der Waals surface area contributed by atoms with E-state index < -0.39 is 11.7 Å². The number of aliphatic hydroxyl groups excluding tert-OH is 1. The van der Waals surface area contributed by atoms with E-state index in [0.717, 1.165) is 6.42 Å². The molecule has 15 heavy (non-hydrogen) atoms. The molecule has 0 rings (SSSR count). The van der Waals surface area contributed by atoms with Gasteiger partial charge in [-0.05, 0) is 27.2 Å². The molecule has 0 fully saturated rings. The molecule has 0 saturated carbocycles. The van der Waals surface area contributed by atoms with Crippen molar-refractivity contribution in [3.8, 4) is 0 Å². The van der Waals surface area contributed by atoms with Crippen molar-refractivity contribution in [1.82, 2.24) is 5.48 Å². The Morgan fingerprint density at radius 3 is 2.47 bits per heavy atom. The quantitative estimate of drug-likeness (QED) is 0.687. The van der Waals surface area contributed by atoms with Gasteiger partial charge in [0.2, 0.25) is 0 Å². The van der Waals surface area contributed by atoms with Gasteiger partial charge in [0, 0.05) is 12.5 Å². The second-order valence-electron chi connectivity index (χ2n) is 4.37. The average molecular weight is 219 g/mol. The summed E-state index contributed by atoms with van der Waals surface area (Å²) in [5.41, 5.74) is 1.63. The van der Waals surface area contributed by atoms with Crippen LogP contribution in [0.1, 0.15) is 34.1 Å². The first-order valence-electron chi connectivity index (χ1n) is 5.10. The summed E-state index contributed by atoms with van der Waals surface area (Å²) >= 11 is 0. The van der Waals surface area contributed by atoms with Crippen molar-refractivity contribution in [2.24, 2.45) is 5.92 Å². The number of carbonyl (C=O) groups is 1. The first-order chi connectivity index (χ1) is 6.89. The van der Waals surface area contributed by atoms with Gasteiger partial charge in [0.1, 0.15) is 5.60 Å². The molecule has 0 heterocycles. The summed E-state index contributed by atoms with van der Waals surface area (Å²) in [6, 6.07) is 0. The lowest BCUT2D eigenvalue weighted by Crippen LogP contribution is -2.33. The molecule has 5 nitrogen and oxygen atoms in total. The molecule has 0 aliphatic heterocycles. The summed E-state index contributed by atoms with van der Waals surface area (Å²) in [5.74, 6) is 0.0416. The molecule has 0 aromatic carbocycles. The summed E-state index contributed by atoms with van der Waals surface area (Å²) in [7, 11) is 0. The van der Waals surface area contributed by atoms with Crippen LogP contribution in [0.5, 0.6) is 0 Å². The van der Waals surface area contributed by atoms with E-state index >= 15 is 0 Å². The highest BCUT2D eigenvalue weighted by Gasteiger charge is 2.16. The van der Waals surface area contributed by atoms with Crippen LogP contribution in [0.25, 0.3) is 0 Å². The first-order valence-corrected chi connectivity index (χ1v) is 5.10. The normalized spacial score (nSPS) is 13.4. The Bertz CT molecular complexity index is 184. The highest BCUT2D eigenvalue weighted by Crippen LogP contribution is 2.06. The minimum atomic E-state index is -0.615. The lowest BCUT2D eigenvalue weighted by atomic mass is 10.1. The fourth-order valence-corrected chi connectivity index (χ4v) is 0.817. The molecule has 1 atom stereocenters. The van der Waals surface area contributed by atoms with Gasteiger partial charge in [-0.1, -0.05) is 6.92 Å². The van der Waals surface area contributed by atoms with E-state index in [1.807, 2.05) is 6.92 Å². The number of aliphatic hydroxyl groups is 1. The molecule has 1 amide bonds. The smallest absolute Gasteiger partial charge is 0.431 e. The molecule has 2 N–H and O–H groups in total. The highest BCUT2D eigenvalue weighted by molar-refractivity contribution is 5.66. The molecule has 0 aliphatic carbocycles. The zero-order valence-corrected chi connectivity index (χ0v) is 9.87.